The third-order valence-electron chi connectivity index (χ3n) is 1.34. The van der Waals surface area contributed by atoms with Crippen molar-refractivity contribution in [3.63, 3.8) is 0 Å². The van der Waals surface area contributed by atoms with E-state index in [0.29, 0.717) is 0 Å². The van der Waals surface area contributed by atoms with Gasteiger partial charge in [0.15, 0.2) is 0 Å². The number of methoxy groups -OCH3 is 1. The number of allylic oxidation sites excluding steroid dienone is 4. The van der Waals surface area contributed by atoms with E-state index in [2.05, 4.69) is 4.74 Å². The molecule has 0 heterocycles. The molecule has 0 N–H and O–H groups in total. The molecule has 54 valence electrons. The fraction of sp³-hybridized carbons (Fsp3) is 0.375. The van der Waals surface area contributed by atoms with Crippen molar-refractivity contribution in [1.29, 1.82) is 0 Å². The molecule has 0 spiro atoms. The number of carbonyl (C=O) groups is 1. The van der Waals surface area contributed by atoms with E-state index < -0.39 is 13.0 Å². The summed E-state index contributed by atoms with van der Waals surface area (Å²) in [6.07, 6.45) is 7.35. The molecule has 1 aliphatic carbocycles. The molecular formula is C8H10O2. The highest BCUT2D eigenvalue weighted by Crippen LogP contribution is 2.12. The first-order chi connectivity index (χ1) is 5.97. The van der Waals surface area contributed by atoms with Gasteiger partial charge in [-0.1, -0.05) is 24.3 Å². The van der Waals surface area contributed by atoms with E-state index in [1.165, 1.54) is 0 Å². The highest BCUT2D eigenvalue weighted by molar-refractivity contribution is 5.70. The van der Waals surface area contributed by atoms with E-state index in [1.807, 2.05) is 24.3 Å². The molecule has 0 atom stereocenters. The molecule has 0 saturated carbocycles. The predicted molar refractivity (Wildman–Crippen MR) is 38.4 cm³/mol. The van der Waals surface area contributed by atoms with Crippen LogP contribution >= 0.6 is 0 Å². The molecule has 0 amide bonds. The van der Waals surface area contributed by atoms with Crippen molar-refractivity contribution in [2.24, 2.45) is 5.92 Å². The van der Waals surface area contributed by atoms with Crippen molar-refractivity contribution in [2.45, 2.75) is 6.42 Å². The molecule has 0 bridgehead atoms. The average Bonchev–Trinajstić information content (AvgIpc) is 2.34. The number of hydrogen-bond donors (Lipinski definition) is 0. The van der Waals surface area contributed by atoms with E-state index in [4.69, 9.17) is 4.11 Å². The quantitative estimate of drug-likeness (QED) is 0.542. The molecule has 0 unspecified atom stereocenters. The van der Waals surface area contributed by atoms with Gasteiger partial charge in [0.05, 0.1) is 17.6 Å². The summed E-state index contributed by atoms with van der Waals surface area (Å²) in [5, 5.41) is 0. The molecule has 0 radical (unpaired) electrons. The third-order valence-corrected chi connectivity index (χ3v) is 1.34. The first-order valence-corrected chi connectivity index (χ1v) is 3.04. The van der Waals surface area contributed by atoms with Gasteiger partial charge in [-0.25, -0.2) is 0 Å². The second-order valence-electron chi connectivity index (χ2n) is 2.11. The minimum absolute atomic E-state index is 0.0187. The first kappa shape index (κ1) is 3.96. The Hall–Kier alpha value is -1.05. The minimum atomic E-state index is -2.62. The summed E-state index contributed by atoms with van der Waals surface area (Å²) in [6, 6.07) is 0. The van der Waals surface area contributed by atoms with Gasteiger partial charge < -0.3 is 4.74 Å². The van der Waals surface area contributed by atoms with Gasteiger partial charge in [-0.3, -0.25) is 4.79 Å². The topological polar surface area (TPSA) is 26.3 Å². The smallest absolute Gasteiger partial charge is 0.306 e. The summed E-state index contributed by atoms with van der Waals surface area (Å²) in [4.78, 5) is 11.0. The molecule has 0 aliphatic heterocycles. The fourth-order valence-electron chi connectivity index (χ4n) is 0.848. The second-order valence-corrected chi connectivity index (χ2v) is 2.11. The van der Waals surface area contributed by atoms with Crippen molar-refractivity contribution < 1.29 is 13.6 Å². The maximum atomic E-state index is 11.0. The van der Waals surface area contributed by atoms with Crippen molar-refractivity contribution >= 4 is 5.97 Å². The van der Waals surface area contributed by atoms with E-state index >= 15 is 0 Å². The molecule has 2 nitrogen and oxygen atoms in total. The number of esters is 1. The second kappa shape index (κ2) is 3.20. The standard InChI is InChI=1S/C8H10O2/c1-10-8(9)6-7-4-2-3-5-7/h2-5,7H,6H2,1H3/i1D3. The number of rotatable bonds is 2. The lowest BCUT2D eigenvalue weighted by molar-refractivity contribution is -0.141. The Kier molecular flexibility index (Phi) is 1.27. The van der Waals surface area contributed by atoms with Crippen molar-refractivity contribution in [1.82, 2.24) is 0 Å². The summed E-state index contributed by atoms with van der Waals surface area (Å²) in [7, 11) is -2.62. The van der Waals surface area contributed by atoms with Crippen LogP contribution in [0.1, 0.15) is 10.5 Å². The van der Waals surface area contributed by atoms with Crippen LogP contribution in [0.5, 0.6) is 0 Å². The summed E-state index contributed by atoms with van der Waals surface area (Å²) in [5.41, 5.74) is 0. The molecule has 1 rings (SSSR count). The van der Waals surface area contributed by atoms with E-state index in [1.54, 1.807) is 0 Å². The Morgan fingerprint density at radius 2 is 2.40 bits per heavy atom. The first-order valence-electron chi connectivity index (χ1n) is 4.54. The minimum Gasteiger partial charge on any atom is -0.469 e. The number of carbonyl (C=O) groups excluding carboxylic acids is 1. The molecule has 1 aliphatic rings. The third kappa shape index (κ3) is 1.72. The van der Waals surface area contributed by atoms with Crippen LogP contribution in [-0.4, -0.2) is 13.0 Å². The van der Waals surface area contributed by atoms with Crippen LogP contribution in [0.15, 0.2) is 24.3 Å². The van der Waals surface area contributed by atoms with Gasteiger partial charge in [-0.2, -0.15) is 0 Å². The monoisotopic (exact) mass is 141 g/mol. The van der Waals surface area contributed by atoms with Crippen molar-refractivity contribution in [2.75, 3.05) is 7.04 Å². The van der Waals surface area contributed by atoms with E-state index in [-0.39, 0.29) is 12.3 Å². The molecule has 0 aromatic rings. The average molecular weight is 141 g/mol. The Balaban J connectivity index is 2.33. The zero-order chi connectivity index (χ0) is 9.90. The SMILES string of the molecule is [2H]C([2H])([2H])OC(=O)CC1C=CC=C1. The number of hydrogen-bond acceptors (Lipinski definition) is 2. The summed E-state index contributed by atoms with van der Waals surface area (Å²) >= 11 is 0. The van der Waals surface area contributed by atoms with Gasteiger partial charge in [0.25, 0.3) is 0 Å². The summed E-state index contributed by atoms with van der Waals surface area (Å²) in [6.45, 7) is 0. The Bertz CT molecular complexity index is 241. The van der Waals surface area contributed by atoms with Crippen molar-refractivity contribution in [3.05, 3.63) is 24.3 Å². The lowest BCUT2D eigenvalue weighted by Crippen LogP contribution is -2.04. The molecule has 10 heavy (non-hydrogen) atoms. The molecule has 0 aromatic heterocycles. The fourth-order valence-corrected chi connectivity index (χ4v) is 0.848. The van der Waals surface area contributed by atoms with Gasteiger partial charge in [-0.15, -0.1) is 0 Å². The lowest BCUT2D eigenvalue weighted by atomic mass is 10.1. The Morgan fingerprint density at radius 1 is 1.70 bits per heavy atom. The Morgan fingerprint density at radius 3 is 3.00 bits per heavy atom. The van der Waals surface area contributed by atoms with E-state index in [9.17, 15) is 4.79 Å². The van der Waals surface area contributed by atoms with Gasteiger partial charge >= 0.3 is 5.97 Å². The van der Waals surface area contributed by atoms with E-state index in [0.717, 1.165) is 0 Å². The highest BCUT2D eigenvalue weighted by Gasteiger charge is 2.09. The number of ether oxygens (including phenoxy) is 1. The Labute approximate surface area is 64.4 Å². The maximum absolute atomic E-state index is 11.0. The van der Waals surface area contributed by atoms with Crippen LogP contribution in [0.2, 0.25) is 0 Å². The van der Waals surface area contributed by atoms with Crippen LogP contribution in [-0.2, 0) is 9.53 Å². The van der Waals surface area contributed by atoms with Gasteiger partial charge in [0, 0.05) is 5.92 Å². The molecule has 2 heteroatoms. The summed E-state index contributed by atoms with van der Waals surface area (Å²) in [5.74, 6) is -0.712. The van der Waals surface area contributed by atoms with Gasteiger partial charge in [-0.05, 0) is 0 Å². The molecule has 0 fully saturated rings. The van der Waals surface area contributed by atoms with Crippen LogP contribution < -0.4 is 0 Å². The lowest BCUT2D eigenvalue weighted by Gasteiger charge is -2.01. The van der Waals surface area contributed by atoms with Crippen LogP contribution in [0, 0.1) is 5.92 Å². The largest absolute Gasteiger partial charge is 0.469 e. The normalized spacial score (nSPS) is 21.8. The van der Waals surface area contributed by atoms with Gasteiger partial charge in [0.2, 0.25) is 0 Å². The van der Waals surface area contributed by atoms with Crippen LogP contribution in [0.4, 0.5) is 0 Å². The molecular weight excluding hydrogens is 128 g/mol. The molecule has 0 aromatic carbocycles. The van der Waals surface area contributed by atoms with Gasteiger partial charge in [0.1, 0.15) is 0 Å². The summed E-state index contributed by atoms with van der Waals surface area (Å²) < 4.78 is 24.3. The van der Waals surface area contributed by atoms with Crippen molar-refractivity contribution in [3.8, 4) is 0 Å². The van der Waals surface area contributed by atoms with Crippen LogP contribution in [0.3, 0.4) is 0 Å². The maximum Gasteiger partial charge on any atom is 0.306 e. The zero-order valence-corrected chi connectivity index (χ0v) is 5.41. The van der Waals surface area contributed by atoms with Crippen LogP contribution in [0.25, 0.3) is 0 Å². The highest BCUT2D eigenvalue weighted by atomic mass is 16.5. The predicted octanol–water partition coefficient (Wildman–Crippen LogP) is 1.29. The molecule has 0 saturated heterocycles. The zero-order valence-electron chi connectivity index (χ0n) is 8.41.